The highest BCUT2D eigenvalue weighted by molar-refractivity contribution is 7.87. The topological polar surface area (TPSA) is 80.2 Å². The van der Waals surface area contributed by atoms with Crippen molar-refractivity contribution >= 4 is 46.5 Å². The van der Waals surface area contributed by atoms with E-state index < -0.39 is 19.2 Å². The van der Waals surface area contributed by atoms with Crippen LogP contribution < -0.4 is 21.3 Å². The minimum absolute atomic E-state index is 0.0920. The molecule has 0 atom stereocenters. The van der Waals surface area contributed by atoms with Crippen LogP contribution in [0.2, 0.25) is 0 Å². The third-order valence-corrected chi connectivity index (χ3v) is 10.7. The minimum atomic E-state index is -2.84. The van der Waals surface area contributed by atoms with Crippen LogP contribution in [0.1, 0.15) is 25.0 Å². The number of nitrogens with one attached hydrogen (secondary N) is 1. The summed E-state index contributed by atoms with van der Waals surface area (Å²) < 4.78 is 16.6. The number of hydrogen-bond donors (Lipinski definition) is 1. The number of nitrogens with zero attached hydrogens (tertiary/aromatic N) is 2. The minimum Gasteiger partial charge on any atom is -0.449 e. The van der Waals surface area contributed by atoms with Crippen molar-refractivity contribution in [1.82, 2.24) is 10.4 Å². The predicted octanol–water partition coefficient (Wildman–Crippen LogP) is 7.81. The van der Waals surface area contributed by atoms with Crippen molar-refractivity contribution in [1.29, 1.82) is 0 Å². The molecular weight excluding hydrogens is 593 g/mol. The number of ether oxygens (including phenoxy) is 2. The summed E-state index contributed by atoms with van der Waals surface area (Å²) in [6, 6.07) is 49.7. The van der Waals surface area contributed by atoms with Crippen LogP contribution in [0.3, 0.4) is 0 Å². The fourth-order valence-corrected chi connectivity index (χ4v) is 8.70. The van der Waals surface area contributed by atoms with E-state index in [2.05, 4.69) is 41.8 Å². The number of amides is 2. The molecule has 0 unspecified atom stereocenters. The third-order valence-electron chi connectivity index (χ3n) is 7.11. The maximum atomic E-state index is 13.8. The molecule has 0 aliphatic rings. The van der Waals surface area contributed by atoms with E-state index >= 15 is 0 Å². The molecule has 46 heavy (non-hydrogen) atoms. The Morgan fingerprint density at radius 2 is 0.978 bits per heavy atom. The molecule has 0 aliphatic carbocycles. The second kappa shape index (κ2) is 15.6. The van der Waals surface area contributed by atoms with E-state index in [-0.39, 0.29) is 13.2 Å². The summed E-state index contributed by atoms with van der Waals surface area (Å²) in [5.74, 6) is 0. The summed E-state index contributed by atoms with van der Waals surface area (Å²) in [5, 5.41) is 4.18. The Labute approximate surface area is 270 Å². The maximum Gasteiger partial charge on any atom is 0.433 e. The SMILES string of the molecule is CCOC(=O)NN(C(=O)OCC)/C(=C(/N=P(c1ccccc1)(c1ccccc1)c1ccccc1)c1ccccc1)c1ccccc1. The van der Waals surface area contributed by atoms with E-state index in [0.29, 0.717) is 17.0 Å². The van der Waals surface area contributed by atoms with Crippen molar-refractivity contribution in [2.24, 2.45) is 4.74 Å². The van der Waals surface area contributed by atoms with Gasteiger partial charge < -0.3 is 9.47 Å². The number of carbonyl (C=O) groups is 2. The number of hydrogen-bond acceptors (Lipinski definition) is 5. The highest BCUT2D eigenvalue weighted by Crippen LogP contribution is 2.50. The molecule has 2 amide bonds. The van der Waals surface area contributed by atoms with Crippen LogP contribution in [0.25, 0.3) is 11.4 Å². The molecule has 5 rings (SSSR count). The lowest BCUT2D eigenvalue weighted by Crippen LogP contribution is -2.45. The molecule has 1 N–H and O–H groups in total. The van der Waals surface area contributed by atoms with Crippen LogP contribution in [0.4, 0.5) is 9.59 Å². The number of rotatable bonds is 9. The second-order valence-electron chi connectivity index (χ2n) is 10.0. The van der Waals surface area contributed by atoms with E-state index in [4.69, 9.17) is 14.2 Å². The fourth-order valence-electron chi connectivity index (χ4n) is 5.14. The Morgan fingerprint density at radius 3 is 1.39 bits per heavy atom. The number of benzene rings is 5. The largest absolute Gasteiger partial charge is 0.449 e. The first-order chi connectivity index (χ1) is 22.6. The van der Waals surface area contributed by atoms with Crippen molar-refractivity contribution in [2.45, 2.75) is 13.8 Å². The Bertz CT molecular complexity index is 1710. The van der Waals surface area contributed by atoms with Crippen molar-refractivity contribution in [2.75, 3.05) is 13.2 Å². The highest BCUT2D eigenvalue weighted by atomic mass is 31.2. The van der Waals surface area contributed by atoms with E-state index in [1.54, 1.807) is 13.8 Å². The number of hydrazine groups is 1. The molecule has 0 saturated heterocycles. The van der Waals surface area contributed by atoms with Gasteiger partial charge in [-0.3, -0.25) is 4.74 Å². The average molecular weight is 630 g/mol. The molecule has 0 spiro atoms. The Balaban J connectivity index is 2.01. The lowest BCUT2D eigenvalue weighted by molar-refractivity contribution is 0.0960. The summed E-state index contributed by atoms with van der Waals surface area (Å²) in [5.41, 5.74) is 4.86. The molecule has 0 fully saturated rings. The van der Waals surface area contributed by atoms with Gasteiger partial charge >= 0.3 is 12.2 Å². The molecular formula is C38H36N3O4P. The van der Waals surface area contributed by atoms with Crippen LogP contribution in [-0.4, -0.2) is 30.4 Å². The van der Waals surface area contributed by atoms with Gasteiger partial charge in [0.25, 0.3) is 0 Å². The van der Waals surface area contributed by atoms with E-state index in [9.17, 15) is 9.59 Å². The van der Waals surface area contributed by atoms with Gasteiger partial charge in [0.1, 0.15) is 5.70 Å². The lowest BCUT2D eigenvalue weighted by Gasteiger charge is -2.30. The summed E-state index contributed by atoms with van der Waals surface area (Å²) in [4.78, 5) is 26.8. The summed E-state index contributed by atoms with van der Waals surface area (Å²) >= 11 is 0. The van der Waals surface area contributed by atoms with E-state index in [0.717, 1.165) is 26.5 Å². The molecule has 0 bridgehead atoms. The zero-order valence-corrected chi connectivity index (χ0v) is 26.7. The first-order valence-corrected chi connectivity index (χ1v) is 16.9. The molecule has 0 aromatic heterocycles. The molecule has 5 aromatic rings. The van der Waals surface area contributed by atoms with Crippen molar-refractivity contribution in [3.63, 3.8) is 0 Å². The molecule has 232 valence electrons. The van der Waals surface area contributed by atoms with Gasteiger partial charge in [0.2, 0.25) is 0 Å². The van der Waals surface area contributed by atoms with Crippen molar-refractivity contribution in [3.05, 3.63) is 163 Å². The molecule has 0 radical (unpaired) electrons. The third kappa shape index (κ3) is 7.12. The van der Waals surface area contributed by atoms with Gasteiger partial charge in [-0.1, -0.05) is 152 Å². The van der Waals surface area contributed by atoms with Crippen LogP contribution in [0.5, 0.6) is 0 Å². The number of carbonyl (C=O) groups excluding carboxylic acids is 2. The molecule has 0 aliphatic heterocycles. The molecule has 5 aromatic carbocycles. The smallest absolute Gasteiger partial charge is 0.433 e. The van der Waals surface area contributed by atoms with E-state index in [1.807, 2.05) is 115 Å². The molecule has 0 heterocycles. The van der Waals surface area contributed by atoms with Gasteiger partial charge in [0.15, 0.2) is 0 Å². The molecule has 7 nitrogen and oxygen atoms in total. The van der Waals surface area contributed by atoms with Crippen LogP contribution in [-0.2, 0) is 9.47 Å². The predicted molar refractivity (Wildman–Crippen MR) is 186 cm³/mol. The van der Waals surface area contributed by atoms with Gasteiger partial charge in [0, 0.05) is 27.0 Å². The van der Waals surface area contributed by atoms with Gasteiger partial charge in [-0.15, -0.1) is 0 Å². The first kappa shape index (κ1) is 32.0. The normalized spacial score (nSPS) is 11.5. The zero-order chi connectivity index (χ0) is 32.2. The molecule has 0 saturated carbocycles. The van der Waals surface area contributed by atoms with E-state index in [1.165, 1.54) is 0 Å². The van der Waals surface area contributed by atoms with Gasteiger partial charge in [-0.2, -0.15) is 5.01 Å². The van der Waals surface area contributed by atoms with Crippen LogP contribution in [0, 0.1) is 0 Å². The maximum absolute atomic E-state index is 13.8. The van der Waals surface area contributed by atoms with Gasteiger partial charge in [0.05, 0.1) is 26.0 Å². The first-order valence-electron chi connectivity index (χ1n) is 15.1. The standard InChI is InChI=1S/C38H36N3O4P/c1-3-44-37(42)39-41(38(43)45-4-2)36(31-22-12-6-13-23-31)35(30-20-10-5-11-21-30)40-46(32-24-14-7-15-25-32,33-26-16-8-17-27-33)34-28-18-9-19-29-34/h5-29H,3-4H2,1-2H3,(H,39,42)/b36-35+. The zero-order valence-electron chi connectivity index (χ0n) is 25.8. The van der Waals surface area contributed by atoms with Crippen molar-refractivity contribution in [3.8, 4) is 0 Å². The van der Waals surface area contributed by atoms with Crippen molar-refractivity contribution < 1.29 is 19.1 Å². The lowest BCUT2D eigenvalue weighted by atomic mass is 10.1. The quantitative estimate of drug-likeness (QED) is 0.103. The summed E-state index contributed by atoms with van der Waals surface area (Å²) in [7, 11) is -2.84. The average Bonchev–Trinajstić information content (AvgIpc) is 3.11. The Kier molecular flexibility index (Phi) is 10.8. The van der Waals surface area contributed by atoms with Crippen LogP contribution >= 0.6 is 7.05 Å². The van der Waals surface area contributed by atoms with Crippen LogP contribution in [0.15, 0.2) is 156 Å². The highest BCUT2D eigenvalue weighted by Gasteiger charge is 2.32. The Morgan fingerprint density at radius 1 is 0.587 bits per heavy atom. The summed E-state index contributed by atoms with van der Waals surface area (Å²) in [6.45, 7) is 3.62. The van der Waals surface area contributed by atoms with Gasteiger partial charge in [-0.25, -0.2) is 15.0 Å². The molecule has 8 heteroatoms. The monoisotopic (exact) mass is 629 g/mol. The fraction of sp³-hybridized carbons (Fsp3) is 0.105. The summed E-state index contributed by atoms with van der Waals surface area (Å²) in [6.07, 6.45) is -1.58. The van der Waals surface area contributed by atoms with Gasteiger partial charge in [-0.05, 0) is 13.8 Å². The Hall–Kier alpha value is -5.39. The second-order valence-corrected chi connectivity index (χ2v) is 13.1.